The Labute approximate surface area is 120 Å². The highest BCUT2D eigenvalue weighted by atomic mass is 35.5. The van der Waals surface area contributed by atoms with E-state index in [2.05, 4.69) is 9.55 Å². The molecule has 20 heavy (non-hydrogen) atoms. The Morgan fingerprint density at radius 2 is 2.15 bits per heavy atom. The van der Waals surface area contributed by atoms with Crippen molar-refractivity contribution >= 4 is 28.9 Å². The van der Waals surface area contributed by atoms with Gasteiger partial charge in [0.2, 0.25) is 0 Å². The van der Waals surface area contributed by atoms with Gasteiger partial charge in [-0.2, -0.15) is 0 Å². The Kier molecular flexibility index (Phi) is 3.02. The van der Waals surface area contributed by atoms with E-state index in [0.717, 1.165) is 18.9 Å². The molecule has 0 radical (unpaired) electrons. The van der Waals surface area contributed by atoms with Crippen molar-refractivity contribution in [3.8, 4) is 0 Å². The van der Waals surface area contributed by atoms with Gasteiger partial charge in [0.25, 0.3) is 5.91 Å². The molecule has 1 amide bonds. The summed E-state index contributed by atoms with van der Waals surface area (Å²) >= 11 is 6.26. The zero-order valence-corrected chi connectivity index (χ0v) is 11.5. The number of nitrogen functional groups attached to an aromatic ring is 1. The topological polar surface area (TPSA) is 90.2 Å². The van der Waals surface area contributed by atoms with Gasteiger partial charge in [-0.15, -0.1) is 0 Å². The molecule has 4 N–H and O–H groups in total. The number of benzene rings is 1. The molecule has 3 rings (SSSR count). The van der Waals surface area contributed by atoms with Crippen LogP contribution in [0.25, 0.3) is 0 Å². The first-order valence-electron chi connectivity index (χ1n) is 6.20. The lowest BCUT2D eigenvalue weighted by Gasteiger charge is -2.31. The van der Waals surface area contributed by atoms with Crippen LogP contribution >= 0.6 is 11.6 Å². The predicted molar refractivity (Wildman–Crippen MR) is 77.7 cm³/mol. The number of primary amides is 1. The molecule has 0 bridgehead atoms. The van der Waals surface area contributed by atoms with Crippen LogP contribution in [0.4, 0.5) is 11.4 Å². The molecular formula is C13H14ClN5O. The number of anilines is 2. The maximum atomic E-state index is 11.6. The smallest absolute Gasteiger partial charge is 0.250 e. The number of hydrogen-bond acceptors (Lipinski definition) is 4. The average molecular weight is 292 g/mol. The molecule has 7 heteroatoms. The summed E-state index contributed by atoms with van der Waals surface area (Å²) in [4.78, 5) is 17.9. The Balaban J connectivity index is 2.05. The van der Waals surface area contributed by atoms with E-state index in [-0.39, 0.29) is 0 Å². The SMILES string of the molecule is NC(=O)c1cc(N)cc(Cl)c1N1CCn2ccnc2C1. The van der Waals surface area contributed by atoms with Crippen molar-refractivity contribution in [3.63, 3.8) is 0 Å². The number of amides is 1. The highest BCUT2D eigenvalue weighted by Gasteiger charge is 2.23. The van der Waals surface area contributed by atoms with E-state index in [1.807, 2.05) is 11.1 Å². The van der Waals surface area contributed by atoms with E-state index < -0.39 is 5.91 Å². The lowest BCUT2D eigenvalue weighted by molar-refractivity contribution is 0.100. The first-order valence-corrected chi connectivity index (χ1v) is 6.58. The van der Waals surface area contributed by atoms with E-state index in [9.17, 15) is 4.79 Å². The second-order valence-electron chi connectivity index (χ2n) is 4.72. The van der Waals surface area contributed by atoms with E-state index in [1.54, 1.807) is 18.3 Å². The van der Waals surface area contributed by atoms with Gasteiger partial charge in [-0.25, -0.2) is 4.98 Å². The van der Waals surface area contributed by atoms with Crippen LogP contribution in [0, 0.1) is 0 Å². The summed E-state index contributed by atoms with van der Waals surface area (Å²) in [5, 5.41) is 0.429. The van der Waals surface area contributed by atoms with Crippen LogP contribution in [0.2, 0.25) is 5.02 Å². The van der Waals surface area contributed by atoms with Crippen LogP contribution < -0.4 is 16.4 Å². The second-order valence-corrected chi connectivity index (χ2v) is 5.13. The Morgan fingerprint density at radius 1 is 1.35 bits per heavy atom. The fraction of sp³-hybridized carbons (Fsp3) is 0.231. The van der Waals surface area contributed by atoms with E-state index in [0.29, 0.717) is 28.5 Å². The third-order valence-corrected chi connectivity index (χ3v) is 3.70. The van der Waals surface area contributed by atoms with Gasteiger partial charge < -0.3 is 20.9 Å². The summed E-state index contributed by atoms with van der Waals surface area (Å²) < 4.78 is 2.08. The lowest BCUT2D eigenvalue weighted by atomic mass is 10.1. The summed E-state index contributed by atoms with van der Waals surface area (Å²) in [6, 6.07) is 3.19. The molecule has 0 spiro atoms. The number of carbonyl (C=O) groups excluding carboxylic acids is 1. The number of aromatic nitrogens is 2. The largest absolute Gasteiger partial charge is 0.399 e. The molecule has 2 aromatic rings. The molecule has 2 heterocycles. The van der Waals surface area contributed by atoms with Gasteiger partial charge in [-0.05, 0) is 12.1 Å². The number of nitrogens with zero attached hydrogens (tertiary/aromatic N) is 3. The van der Waals surface area contributed by atoms with Crippen molar-refractivity contribution in [3.05, 3.63) is 40.9 Å². The van der Waals surface area contributed by atoms with Gasteiger partial charge in [0.05, 0.1) is 22.8 Å². The highest BCUT2D eigenvalue weighted by Crippen LogP contribution is 2.34. The minimum Gasteiger partial charge on any atom is -0.399 e. The Hall–Kier alpha value is -2.21. The summed E-state index contributed by atoms with van der Waals surface area (Å²) in [6.45, 7) is 2.10. The van der Waals surface area contributed by atoms with E-state index in [4.69, 9.17) is 23.1 Å². The highest BCUT2D eigenvalue weighted by molar-refractivity contribution is 6.34. The van der Waals surface area contributed by atoms with Gasteiger partial charge in [0.1, 0.15) is 5.82 Å². The van der Waals surface area contributed by atoms with Crippen molar-refractivity contribution in [1.29, 1.82) is 0 Å². The maximum absolute atomic E-state index is 11.6. The van der Waals surface area contributed by atoms with Gasteiger partial charge in [0, 0.05) is 31.2 Å². The monoisotopic (exact) mass is 291 g/mol. The Bertz CT molecular complexity index is 681. The first kappa shape index (κ1) is 12.8. The molecule has 0 saturated carbocycles. The standard InChI is InChI=1S/C13H14ClN5O/c14-10-6-8(15)5-9(13(16)20)12(10)19-4-3-18-2-1-17-11(18)7-19/h1-2,5-6H,3-4,7,15H2,(H2,16,20). The minimum absolute atomic E-state index is 0.343. The second kappa shape index (κ2) is 4.72. The van der Waals surface area contributed by atoms with Gasteiger partial charge in [0.15, 0.2) is 0 Å². The van der Waals surface area contributed by atoms with Gasteiger partial charge >= 0.3 is 0 Å². The molecule has 0 unspecified atom stereocenters. The predicted octanol–water partition coefficient (Wildman–Crippen LogP) is 1.24. The summed E-state index contributed by atoms with van der Waals surface area (Å²) in [5.74, 6) is 0.391. The lowest BCUT2D eigenvalue weighted by Crippen LogP contribution is -2.35. The zero-order chi connectivity index (χ0) is 14.3. The summed E-state index contributed by atoms with van der Waals surface area (Å²) in [5.41, 5.74) is 12.6. The van der Waals surface area contributed by atoms with Crippen molar-refractivity contribution in [2.24, 2.45) is 5.73 Å². The number of imidazole rings is 1. The number of nitrogens with two attached hydrogens (primary N) is 2. The normalized spacial score (nSPS) is 14.2. The van der Waals surface area contributed by atoms with Crippen LogP contribution in [0.1, 0.15) is 16.2 Å². The van der Waals surface area contributed by atoms with E-state index >= 15 is 0 Å². The number of halogens is 1. The van der Waals surface area contributed by atoms with Crippen LogP contribution in [0.15, 0.2) is 24.5 Å². The van der Waals surface area contributed by atoms with E-state index in [1.165, 1.54) is 0 Å². The molecule has 1 aliphatic heterocycles. The zero-order valence-electron chi connectivity index (χ0n) is 10.7. The van der Waals surface area contributed by atoms with Crippen LogP contribution in [-0.2, 0) is 13.1 Å². The minimum atomic E-state index is -0.539. The van der Waals surface area contributed by atoms with Crippen LogP contribution in [-0.4, -0.2) is 22.0 Å². The molecule has 6 nitrogen and oxygen atoms in total. The number of rotatable bonds is 2. The average Bonchev–Trinajstić information content (AvgIpc) is 2.84. The van der Waals surface area contributed by atoms with Crippen molar-refractivity contribution in [2.45, 2.75) is 13.1 Å². The van der Waals surface area contributed by atoms with Gasteiger partial charge in [-0.3, -0.25) is 4.79 Å². The third-order valence-electron chi connectivity index (χ3n) is 3.41. The number of hydrogen-bond donors (Lipinski definition) is 2. The van der Waals surface area contributed by atoms with Gasteiger partial charge in [-0.1, -0.05) is 11.6 Å². The fourth-order valence-electron chi connectivity index (χ4n) is 2.49. The van der Waals surface area contributed by atoms with Crippen LogP contribution in [0.5, 0.6) is 0 Å². The molecule has 1 aromatic carbocycles. The fourth-order valence-corrected chi connectivity index (χ4v) is 2.84. The molecule has 0 atom stereocenters. The molecule has 0 saturated heterocycles. The third kappa shape index (κ3) is 2.08. The maximum Gasteiger partial charge on any atom is 0.250 e. The molecule has 1 aliphatic rings. The summed E-state index contributed by atoms with van der Waals surface area (Å²) in [6.07, 6.45) is 3.70. The molecule has 0 aliphatic carbocycles. The molecule has 1 aromatic heterocycles. The molecular weight excluding hydrogens is 278 g/mol. The molecule has 0 fully saturated rings. The van der Waals surface area contributed by atoms with Crippen molar-refractivity contribution in [2.75, 3.05) is 17.2 Å². The quantitative estimate of drug-likeness (QED) is 0.815. The number of fused-ring (bicyclic) bond motifs is 1. The van der Waals surface area contributed by atoms with Crippen molar-refractivity contribution in [1.82, 2.24) is 9.55 Å². The van der Waals surface area contributed by atoms with Crippen LogP contribution in [0.3, 0.4) is 0 Å². The summed E-state index contributed by atoms with van der Waals surface area (Å²) in [7, 11) is 0. The first-order chi connectivity index (χ1) is 9.56. The molecule has 104 valence electrons. The Morgan fingerprint density at radius 3 is 2.90 bits per heavy atom. The number of carbonyl (C=O) groups is 1. The van der Waals surface area contributed by atoms with Crippen molar-refractivity contribution < 1.29 is 4.79 Å².